The van der Waals surface area contributed by atoms with Crippen molar-refractivity contribution in [3.05, 3.63) is 45.9 Å². The fraction of sp³-hybridized carbons (Fsp3) is 0.368. The summed E-state index contributed by atoms with van der Waals surface area (Å²) in [6, 6.07) is 10.0. The molecule has 5 nitrogen and oxygen atoms in total. The van der Waals surface area contributed by atoms with Crippen LogP contribution in [0.1, 0.15) is 11.1 Å². The summed E-state index contributed by atoms with van der Waals surface area (Å²) in [5.41, 5.74) is 2.32. The Kier molecular flexibility index (Phi) is 7.40. The molecular weight excluding hydrogens is 386 g/mol. The molecule has 0 spiro atoms. The molecule has 0 saturated carbocycles. The molecule has 0 bridgehead atoms. The van der Waals surface area contributed by atoms with Crippen molar-refractivity contribution in [1.29, 1.82) is 0 Å². The van der Waals surface area contributed by atoms with Gasteiger partial charge in [-0.05, 0) is 64.3 Å². The van der Waals surface area contributed by atoms with E-state index < -0.39 is 0 Å². The molecule has 136 valence electrons. The van der Waals surface area contributed by atoms with Crippen LogP contribution in [-0.2, 0) is 13.0 Å². The number of benzene rings is 2. The number of rotatable bonds is 9. The molecule has 2 aromatic rings. The number of halogens is 1. The third-order valence-electron chi connectivity index (χ3n) is 3.86. The third kappa shape index (κ3) is 5.03. The Bertz CT molecular complexity index is 706. The maximum atomic E-state index is 5.37. The maximum Gasteiger partial charge on any atom is 0.174 e. The standard InChI is InChI=1S/C19H24BrNO4/c1-22-16-6-5-13(10-17(16)23-2)7-8-21-12-14-9-15(20)19(25-4)18(11-14)24-3/h5-6,9-11,21H,7-8,12H2,1-4H3. The number of hydrogen-bond acceptors (Lipinski definition) is 5. The van der Waals surface area contributed by atoms with Crippen molar-refractivity contribution in [3.8, 4) is 23.0 Å². The Morgan fingerprint density at radius 1 is 0.800 bits per heavy atom. The molecule has 6 heteroatoms. The van der Waals surface area contributed by atoms with E-state index in [0.29, 0.717) is 11.5 Å². The van der Waals surface area contributed by atoms with Crippen molar-refractivity contribution in [1.82, 2.24) is 5.32 Å². The van der Waals surface area contributed by atoms with Gasteiger partial charge in [0.25, 0.3) is 0 Å². The summed E-state index contributed by atoms with van der Waals surface area (Å²) < 4.78 is 22.2. The van der Waals surface area contributed by atoms with Crippen molar-refractivity contribution < 1.29 is 18.9 Å². The van der Waals surface area contributed by atoms with Crippen molar-refractivity contribution in [2.45, 2.75) is 13.0 Å². The molecule has 0 aliphatic rings. The van der Waals surface area contributed by atoms with Crippen molar-refractivity contribution in [2.75, 3.05) is 35.0 Å². The lowest BCUT2D eigenvalue weighted by Crippen LogP contribution is -2.16. The van der Waals surface area contributed by atoms with E-state index in [9.17, 15) is 0 Å². The first-order valence-corrected chi connectivity index (χ1v) is 8.74. The lowest BCUT2D eigenvalue weighted by Gasteiger charge is -2.13. The number of ether oxygens (including phenoxy) is 4. The van der Waals surface area contributed by atoms with E-state index >= 15 is 0 Å². The third-order valence-corrected chi connectivity index (χ3v) is 4.45. The van der Waals surface area contributed by atoms with Crippen LogP contribution in [0.25, 0.3) is 0 Å². The minimum absolute atomic E-state index is 0.705. The maximum absolute atomic E-state index is 5.37. The first kappa shape index (κ1) is 19.4. The molecule has 0 heterocycles. The van der Waals surface area contributed by atoms with E-state index in [0.717, 1.165) is 41.0 Å². The monoisotopic (exact) mass is 409 g/mol. The molecule has 0 aliphatic heterocycles. The van der Waals surface area contributed by atoms with E-state index in [1.54, 1.807) is 28.4 Å². The quantitative estimate of drug-likeness (QED) is 0.637. The highest BCUT2D eigenvalue weighted by Gasteiger charge is 2.10. The van der Waals surface area contributed by atoms with Gasteiger partial charge >= 0.3 is 0 Å². The van der Waals surface area contributed by atoms with Crippen LogP contribution in [0.3, 0.4) is 0 Å². The molecule has 0 amide bonds. The number of nitrogens with one attached hydrogen (secondary N) is 1. The number of methoxy groups -OCH3 is 4. The molecule has 2 rings (SSSR count). The zero-order valence-electron chi connectivity index (χ0n) is 15.0. The van der Waals surface area contributed by atoms with Crippen LogP contribution in [0, 0.1) is 0 Å². The molecule has 25 heavy (non-hydrogen) atoms. The summed E-state index contributed by atoms with van der Waals surface area (Å²) in [5.74, 6) is 2.92. The van der Waals surface area contributed by atoms with E-state index in [1.165, 1.54) is 5.56 Å². The SMILES string of the molecule is COc1ccc(CCNCc2cc(Br)c(OC)c(OC)c2)cc1OC. The normalized spacial score (nSPS) is 10.4. The summed E-state index contributed by atoms with van der Waals surface area (Å²) in [6.07, 6.45) is 0.898. The molecular formula is C19H24BrNO4. The summed E-state index contributed by atoms with van der Waals surface area (Å²) in [6.45, 7) is 1.59. The second kappa shape index (κ2) is 9.53. The molecule has 1 N–H and O–H groups in total. The predicted octanol–water partition coefficient (Wildman–Crippen LogP) is 3.82. The summed E-state index contributed by atoms with van der Waals surface area (Å²) in [4.78, 5) is 0. The van der Waals surface area contributed by atoms with Crippen LogP contribution in [0.4, 0.5) is 0 Å². The lowest BCUT2D eigenvalue weighted by molar-refractivity contribution is 0.352. The molecule has 0 radical (unpaired) electrons. The van der Waals surface area contributed by atoms with Gasteiger partial charge in [-0.15, -0.1) is 0 Å². The second-order valence-corrected chi connectivity index (χ2v) is 6.28. The molecule has 2 aromatic carbocycles. The Morgan fingerprint density at radius 3 is 2.12 bits per heavy atom. The Hall–Kier alpha value is -1.92. The Labute approximate surface area is 157 Å². The largest absolute Gasteiger partial charge is 0.493 e. The van der Waals surface area contributed by atoms with Crippen LogP contribution in [0.2, 0.25) is 0 Å². The van der Waals surface area contributed by atoms with Gasteiger partial charge in [-0.3, -0.25) is 0 Å². The second-order valence-electron chi connectivity index (χ2n) is 5.43. The molecule has 0 aromatic heterocycles. The van der Waals surface area contributed by atoms with Crippen LogP contribution >= 0.6 is 15.9 Å². The zero-order valence-corrected chi connectivity index (χ0v) is 16.6. The van der Waals surface area contributed by atoms with Gasteiger partial charge in [0.1, 0.15) is 0 Å². The highest BCUT2D eigenvalue weighted by Crippen LogP contribution is 2.36. The lowest BCUT2D eigenvalue weighted by atomic mass is 10.1. The smallest absolute Gasteiger partial charge is 0.174 e. The molecule has 0 fully saturated rings. The van der Waals surface area contributed by atoms with Crippen LogP contribution in [0.15, 0.2) is 34.8 Å². The number of hydrogen-bond donors (Lipinski definition) is 1. The summed E-state index contributed by atoms with van der Waals surface area (Å²) in [5, 5.41) is 3.44. The first-order valence-electron chi connectivity index (χ1n) is 7.95. The fourth-order valence-electron chi connectivity index (χ4n) is 2.57. The zero-order chi connectivity index (χ0) is 18.2. The van der Waals surface area contributed by atoms with Crippen LogP contribution in [-0.4, -0.2) is 35.0 Å². The van der Waals surface area contributed by atoms with E-state index in [2.05, 4.69) is 27.3 Å². The van der Waals surface area contributed by atoms with Gasteiger partial charge in [0, 0.05) is 6.54 Å². The van der Waals surface area contributed by atoms with E-state index in [4.69, 9.17) is 18.9 Å². The predicted molar refractivity (Wildman–Crippen MR) is 102 cm³/mol. The van der Waals surface area contributed by atoms with Gasteiger partial charge in [0.05, 0.1) is 32.9 Å². The van der Waals surface area contributed by atoms with Crippen molar-refractivity contribution in [2.24, 2.45) is 0 Å². The highest BCUT2D eigenvalue weighted by atomic mass is 79.9. The molecule has 0 atom stereocenters. The Balaban J connectivity index is 1.92. The topological polar surface area (TPSA) is 49.0 Å². The van der Waals surface area contributed by atoms with Crippen molar-refractivity contribution >= 4 is 15.9 Å². The summed E-state index contributed by atoms with van der Waals surface area (Å²) >= 11 is 3.52. The average molecular weight is 410 g/mol. The minimum Gasteiger partial charge on any atom is -0.493 e. The molecule has 0 aliphatic carbocycles. The van der Waals surface area contributed by atoms with Crippen molar-refractivity contribution in [3.63, 3.8) is 0 Å². The fourth-order valence-corrected chi connectivity index (χ4v) is 3.23. The van der Waals surface area contributed by atoms with Crippen LogP contribution < -0.4 is 24.3 Å². The van der Waals surface area contributed by atoms with Gasteiger partial charge < -0.3 is 24.3 Å². The molecule has 0 saturated heterocycles. The highest BCUT2D eigenvalue weighted by molar-refractivity contribution is 9.10. The Morgan fingerprint density at radius 2 is 1.48 bits per heavy atom. The van der Waals surface area contributed by atoms with Crippen LogP contribution in [0.5, 0.6) is 23.0 Å². The van der Waals surface area contributed by atoms with E-state index in [1.807, 2.05) is 24.3 Å². The first-order chi connectivity index (χ1) is 12.1. The summed E-state index contributed by atoms with van der Waals surface area (Å²) in [7, 11) is 6.55. The average Bonchev–Trinajstić information content (AvgIpc) is 2.64. The van der Waals surface area contributed by atoms with Gasteiger partial charge in [-0.25, -0.2) is 0 Å². The van der Waals surface area contributed by atoms with Gasteiger partial charge in [0.15, 0.2) is 23.0 Å². The minimum atomic E-state index is 0.705. The van der Waals surface area contributed by atoms with Gasteiger partial charge in [-0.2, -0.15) is 0 Å². The van der Waals surface area contributed by atoms with Gasteiger partial charge in [0.2, 0.25) is 0 Å². The van der Waals surface area contributed by atoms with E-state index in [-0.39, 0.29) is 0 Å². The molecule has 0 unspecified atom stereocenters. The van der Waals surface area contributed by atoms with Gasteiger partial charge in [-0.1, -0.05) is 6.07 Å².